The van der Waals surface area contributed by atoms with Crippen molar-refractivity contribution in [1.29, 1.82) is 0 Å². The summed E-state index contributed by atoms with van der Waals surface area (Å²) in [5.41, 5.74) is 0. The Bertz CT molecular complexity index is 159. The molecule has 0 saturated carbocycles. The highest BCUT2D eigenvalue weighted by Gasteiger charge is 2.28. The number of carbonyl (C=O) groups is 1. The van der Waals surface area contributed by atoms with E-state index in [1.807, 2.05) is 6.92 Å². The molecule has 0 bridgehead atoms. The lowest BCUT2D eigenvalue weighted by Crippen LogP contribution is -2.32. The van der Waals surface area contributed by atoms with Crippen LogP contribution in [-0.2, 0) is 9.53 Å². The first-order valence-electron chi connectivity index (χ1n) is 4.68. The molecule has 2 atom stereocenters. The van der Waals surface area contributed by atoms with Gasteiger partial charge >= 0.3 is 5.97 Å². The molecule has 3 heteroatoms. The molecule has 0 amide bonds. The Morgan fingerprint density at radius 1 is 1.58 bits per heavy atom. The van der Waals surface area contributed by atoms with Crippen LogP contribution in [0.5, 0.6) is 0 Å². The predicted molar refractivity (Wildman–Crippen MR) is 46.8 cm³/mol. The van der Waals surface area contributed by atoms with Gasteiger partial charge in [-0.25, -0.2) is 0 Å². The zero-order chi connectivity index (χ0) is 8.97. The molecule has 0 aromatic carbocycles. The molecule has 0 radical (unpaired) electrons. The van der Waals surface area contributed by atoms with Crippen molar-refractivity contribution >= 4 is 5.97 Å². The molecular weight excluding hydrogens is 154 g/mol. The van der Waals surface area contributed by atoms with Crippen LogP contribution in [0.15, 0.2) is 0 Å². The first-order chi connectivity index (χ1) is 5.77. The lowest BCUT2D eigenvalue weighted by Gasteiger charge is -2.08. The molecule has 0 unspecified atom stereocenters. The van der Waals surface area contributed by atoms with Crippen LogP contribution < -0.4 is 5.32 Å². The minimum atomic E-state index is -0.0894. The molecule has 1 rings (SSSR count). The molecule has 12 heavy (non-hydrogen) atoms. The van der Waals surface area contributed by atoms with E-state index in [1.165, 1.54) is 0 Å². The Kier molecular flexibility index (Phi) is 3.53. The zero-order valence-corrected chi connectivity index (χ0v) is 7.80. The van der Waals surface area contributed by atoms with Crippen LogP contribution in [0.2, 0.25) is 0 Å². The van der Waals surface area contributed by atoms with Gasteiger partial charge in [0.15, 0.2) is 0 Å². The molecule has 1 N–H and O–H groups in total. The maximum atomic E-state index is 11.2. The van der Waals surface area contributed by atoms with E-state index in [2.05, 4.69) is 12.2 Å². The summed E-state index contributed by atoms with van der Waals surface area (Å²) in [4.78, 5) is 11.2. The third-order valence-corrected chi connectivity index (χ3v) is 2.37. The minimum absolute atomic E-state index is 0.0464. The van der Waals surface area contributed by atoms with Crippen molar-refractivity contribution in [3.05, 3.63) is 0 Å². The van der Waals surface area contributed by atoms with Crippen LogP contribution in [0.1, 0.15) is 26.7 Å². The molecule has 1 fully saturated rings. The summed E-state index contributed by atoms with van der Waals surface area (Å²) in [5.74, 6) is 0.563. The fraction of sp³-hybridized carbons (Fsp3) is 0.889. The molecule has 70 valence electrons. The van der Waals surface area contributed by atoms with Gasteiger partial charge < -0.3 is 10.1 Å². The Hall–Kier alpha value is -0.570. The van der Waals surface area contributed by atoms with E-state index < -0.39 is 0 Å². The van der Waals surface area contributed by atoms with Crippen molar-refractivity contribution in [2.75, 3.05) is 13.2 Å². The summed E-state index contributed by atoms with van der Waals surface area (Å²) < 4.78 is 4.92. The highest BCUT2D eigenvalue weighted by molar-refractivity contribution is 5.76. The van der Waals surface area contributed by atoms with Gasteiger partial charge in [-0.15, -0.1) is 0 Å². The van der Waals surface area contributed by atoms with Crippen LogP contribution in [-0.4, -0.2) is 25.2 Å². The van der Waals surface area contributed by atoms with Crippen molar-refractivity contribution in [2.24, 2.45) is 5.92 Å². The second-order valence-electron chi connectivity index (χ2n) is 3.22. The lowest BCUT2D eigenvalue weighted by atomic mass is 10.0. The SMILES string of the molecule is CCOC(=O)[C@@H]1C[C@H](CC)CN1. The standard InChI is InChI=1S/C9H17NO2/c1-3-7-5-8(10-6-7)9(11)12-4-2/h7-8,10H,3-6H2,1-2H3/t7-,8-/m0/s1. The van der Waals surface area contributed by atoms with Gasteiger partial charge in [0.1, 0.15) is 6.04 Å². The molecule has 1 heterocycles. The minimum Gasteiger partial charge on any atom is -0.465 e. The van der Waals surface area contributed by atoms with E-state index in [0.29, 0.717) is 12.5 Å². The quantitative estimate of drug-likeness (QED) is 0.642. The van der Waals surface area contributed by atoms with Crippen LogP contribution in [0.3, 0.4) is 0 Å². The number of ether oxygens (including phenoxy) is 1. The smallest absolute Gasteiger partial charge is 0.323 e. The van der Waals surface area contributed by atoms with E-state index >= 15 is 0 Å². The number of hydrogen-bond donors (Lipinski definition) is 1. The molecule has 0 aromatic heterocycles. The number of rotatable bonds is 3. The maximum absolute atomic E-state index is 11.2. The normalized spacial score (nSPS) is 28.8. The van der Waals surface area contributed by atoms with Gasteiger partial charge in [-0.05, 0) is 25.8 Å². The van der Waals surface area contributed by atoms with Gasteiger partial charge in [0.05, 0.1) is 6.61 Å². The van der Waals surface area contributed by atoms with Gasteiger partial charge in [0.25, 0.3) is 0 Å². The number of esters is 1. The fourth-order valence-electron chi connectivity index (χ4n) is 1.54. The van der Waals surface area contributed by atoms with Gasteiger partial charge in [-0.3, -0.25) is 4.79 Å². The number of carbonyl (C=O) groups excluding carboxylic acids is 1. The molecule has 1 aliphatic heterocycles. The summed E-state index contributed by atoms with van der Waals surface area (Å²) in [6.45, 7) is 5.43. The van der Waals surface area contributed by atoms with Crippen molar-refractivity contribution in [3.8, 4) is 0 Å². The summed E-state index contributed by atoms with van der Waals surface area (Å²) in [6, 6.07) is -0.0464. The Labute approximate surface area is 73.5 Å². The van der Waals surface area contributed by atoms with Gasteiger partial charge in [0.2, 0.25) is 0 Å². The van der Waals surface area contributed by atoms with Crippen molar-refractivity contribution in [1.82, 2.24) is 5.32 Å². The molecular formula is C9H17NO2. The largest absolute Gasteiger partial charge is 0.465 e. The van der Waals surface area contributed by atoms with E-state index in [-0.39, 0.29) is 12.0 Å². The van der Waals surface area contributed by atoms with Crippen LogP contribution in [0.4, 0.5) is 0 Å². The van der Waals surface area contributed by atoms with Crippen molar-refractivity contribution in [3.63, 3.8) is 0 Å². The number of hydrogen-bond acceptors (Lipinski definition) is 3. The monoisotopic (exact) mass is 171 g/mol. The molecule has 1 saturated heterocycles. The average molecular weight is 171 g/mol. The summed E-state index contributed by atoms with van der Waals surface area (Å²) in [6.07, 6.45) is 2.08. The van der Waals surface area contributed by atoms with Gasteiger partial charge in [-0.2, -0.15) is 0 Å². The van der Waals surface area contributed by atoms with E-state index in [9.17, 15) is 4.79 Å². The van der Waals surface area contributed by atoms with Crippen molar-refractivity contribution in [2.45, 2.75) is 32.7 Å². The summed E-state index contributed by atoms with van der Waals surface area (Å²) in [5, 5.41) is 3.17. The lowest BCUT2D eigenvalue weighted by molar-refractivity contribution is -0.145. The maximum Gasteiger partial charge on any atom is 0.323 e. The fourth-order valence-corrected chi connectivity index (χ4v) is 1.54. The zero-order valence-electron chi connectivity index (χ0n) is 7.80. The predicted octanol–water partition coefficient (Wildman–Crippen LogP) is 0.938. The van der Waals surface area contributed by atoms with Crippen LogP contribution in [0.25, 0.3) is 0 Å². The first kappa shape index (κ1) is 9.52. The second kappa shape index (κ2) is 4.45. The third-order valence-electron chi connectivity index (χ3n) is 2.37. The summed E-state index contributed by atoms with van der Waals surface area (Å²) in [7, 11) is 0. The highest BCUT2D eigenvalue weighted by atomic mass is 16.5. The van der Waals surface area contributed by atoms with Crippen LogP contribution in [0, 0.1) is 5.92 Å². The first-order valence-corrected chi connectivity index (χ1v) is 4.68. The van der Waals surface area contributed by atoms with Gasteiger partial charge in [0, 0.05) is 0 Å². The molecule has 0 spiro atoms. The highest BCUT2D eigenvalue weighted by Crippen LogP contribution is 2.17. The topological polar surface area (TPSA) is 38.3 Å². The van der Waals surface area contributed by atoms with Gasteiger partial charge in [-0.1, -0.05) is 13.3 Å². The summed E-state index contributed by atoms with van der Waals surface area (Å²) >= 11 is 0. The molecule has 3 nitrogen and oxygen atoms in total. The van der Waals surface area contributed by atoms with Crippen molar-refractivity contribution < 1.29 is 9.53 Å². The molecule has 0 aliphatic carbocycles. The Morgan fingerprint density at radius 3 is 2.83 bits per heavy atom. The average Bonchev–Trinajstić information content (AvgIpc) is 2.52. The van der Waals surface area contributed by atoms with E-state index in [1.54, 1.807) is 0 Å². The Morgan fingerprint density at radius 2 is 2.33 bits per heavy atom. The third kappa shape index (κ3) is 2.21. The molecule has 0 aromatic rings. The van der Waals surface area contributed by atoms with E-state index in [0.717, 1.165) is 19.4 Å². The Balaban J connectivity index is 2.31. The molecule has 1 aliphatic rings. The number of nitrogens with one attached hydrogen (secondary N) is 1. The van der Waals surface area contributed by atoms with E-state index in [4.69, 9.17) is 4.74 Å². The second-order valence-corrected chi connectivity index (χ2v) is 3.22. The van der Waals surface area contributed by atoms with Crippen LogP contribution >= 0.6 is 0 Å².